The van der Waals surface area contributed by atoms with Gasteiger partial charge in [-0.1, -0.05) is 29.4 Å². The van der Waals surface area contributed by atoms with Crippen molar-refractivity contribution >= 4 is 23.4 Å². The summed E-state index contributed by atoms with van der Waals surface area (Å²) in [6.07, 6.45) is 5.82. The van der Waals surface area contributed by atoms with Crippen molar-refractivity contribution in [2.45, 2.75) is 29.8 Å². The highest BCUT2D eigenvalue weighted by molar-refractivity contribution is 7.98. The molecule has 0 N–H and O–H groups in total. The fourth-order valence-corrected chi connectivity index (χ4v) is 3.94. The molecule has 140 valence electrons. The average molecular weight is 411 g/mol. The summed E-state index contributed by atoms with van der Waals surface area (Å²) in [5.41, 5.74) is 1.82. The molecule has 4 aromatic rings. The van der Waals surface area contributed by atoms with Gasteiger partial charge < -0.3 is 4.42 Å². The standard InChI is InChI=1S/C19H15ClN6OS/c20-14-3-1-2-13(10-14)18-24-22-16(27-18)11-28-19-25-23-17(26(19)15-4-5-15)12-6-8-21-9-7-12/h1-3,6-10,15H,4-5,11H2. The lowest BCUT2D eigenvalue weighted by Gasteiger charge is -2.07. The highest BCUT2D eigenvalue weighted by Crippen LogP contribution is 2.41. The minimum absolute atomic E-state index is 0.449. The van der Waals surface area contributed by atoms with Crippen molar-refractivity contribution < 1.29 is 4.42 Å². The molecular formula is C19H15ClN6OS. The van der Waals surface area contributed by atoms with E-state index in [1.165, 1.54) is 0 Å². The van der Waals surface area contributed by atoms with E-state index in [0.29, 0.717) is 28.6 Å². The van der Waals surface area contributed by atoms with E-state index >= 15 is 0 Å². The molecule has 0 amide bonds. The lowest BCUT2D eigenvalue weighted by molar-refractivity contribution is 0.528. The number of pyridine rings is 1. The number of rotatable bonds is 6. The molecule has 1 saturated carbocycles. The zero-order chi connectivity index (χ0) is 18.9. The van der Waals surface area contributed by atoms with Gasteiger partial charge in [0.1, 0.15) is 0 Å². The van der Waals surface area contributed by atoms with E-state index in [0.717, 1.165) is 34.9 Å². The van der Waals surface area contributed by atoms with Crippen molar-refractivity contribution in [3.63, 3.8) is 0 Å². The third kappa shape index (κ3) is 3.53. The number of hydrogen-bond donors (Lipinski definition) is 0. The van der Waals surface area contributed by atoms with E-state index in [4.69, 9.17) is 16.0 Å². The van der Waals surface area contributed by atoms with Gasteiger partial charge in [-0.3, -0.25) is 9.55 Å². The first-order valence-electron chi connectivity index (χ1n) is 8.84. The minimum Gasteiger partial charge on any atom is -0.420 e. The zero-order valence-electron chi connectivity index (χ0n) is 14.7. The quantitative estimate of drug-likeness (QED) is 0.427. The van der Waals surface area contributed by atoms with E-state index in [-0.39, 0.29) is 0 Å². The number of thioether (sulfide) groups is 1. The van der Waals surface area contributed by atoms with Crippen molar-refractivity contribution in [1.29, 1.82) is 0 Å². The Bertz CT molecular complexity index is 1110. The average Bonchev–Trinajstić information content (AvgIpc) is 3.29. The van der Waals surface area contributed by atoms with Crippen LogP contribution in [0, 0.1) is 0 Å². The van der Waals surface area contributed by atoms with Gasteiger partial charge in [0.05, 0.1) is 5.75 Å². The van der Waals surface area contributed by atoms with Crippen molar-refractivity contribution in [3.8, 4) is 22.8 Å². The Hall–Kier alpha value is -2.71. The van der Waals surface area contributed by atoms with Gasteiger partial charge in [0.15, 0.2) is 11.0 Å². The molecule has 0 spiro atoms. The van der Waals surface area contributed by atoms with Crippen molar-refractivity contribution in [3.05, 3.63) is 59.7 Å². The summed E-state index contributed by atoms with van der Waals surface area (Å²) in [4.78, 5) is 4.08. The fraction of sp³-hybridized carbons (Fsp3) is 0.211. The van der Waals surface area contributed by atoms with Crippen LogP contribution in [0.1, 0.15) is 24.8 Å². The van der Waals surface area contributed by atoms with Crippen LogP contribution in [0.5, 0.6) is 0 Å². The molecule has 9 heteroatoms. The van der Waals surface area contributed by atoms with E-state index in [9.17, 15) is 0 Å². The van der Waals surface area contributed by atoms with E-state index in [2.05, 4.69) is 29.9 Å². The molecule has 1 fully saturated rings. The smallest absolute Gasteiger partial charge is 0.247 e. The normalized spacial score (nSPS) is 13.8. The lowest BCUT2D eigenvalue weighted by atomic mass is 10.2. The zero-order valence-corrected chi connectivity index (χ0v) is 16.3. The maximum absolute atomic E-state index is 6.03. The van der Waals surface area contributed by atoms with Crippen LogP contribution >= 0.6 is 23.4 Å². The Morgan fingerprint density at radius 3 is 2.68 bits per heavy atom. The second kappa shape index (κ2) is 7.37. The summed E-state index contributed by atoms with van der Waals surface area (Å²) in [7, 11) is 0. The first kappa shape index (κ1) is 17.4. The van der Waals surface area contributed by atoms with E-state index in [1.54, 1.807) is 30.2 Å². The maximum Gasteiger partial charge on any atom is 0.247 e. The van der Waals surface area contributed by atoms with Gasteiger partial charge in [-0.05, 0) is 43.2 Å². The molecule has 1 aliphatic rings. The van der Waals surface area contributed by atoms with Gasteiger partial charge in [0.2, 0.25) is 11.8 Å². The monoisotopic (exact) mass is 410 g/mol. The molecule has 0 bridgehead atoms. The third-order valence-electron chi connectivity index (χ3n) is 4.38. The van der Waals surface area contributed by atoms with Gasteiger partial charge in [-0.25, -0.2) is 0 Å². The topological polar surface area (TPSA) is 82.5 Å². The molecule has 3 aromatic heterocycles. The molecule has 0 atom stereocenters. The molecule has 0 aliphatic heterocycles. The first-order valence-corrected chi connectivity index (χ1v) is 10.2. The van der Waals surface area contributed by atoms with Crippen molar-refractivity contribution in [2.75, 3.05) is 0 Å². The van der Waals surface area contributed by atoms with Crippen LogP contribution in [-0.4, -0.2) is 29.9 Å². The summed E-state index contributed by atoms with van der Waals surface area (Å²) < 4.78 is 7.99. The Labute approximate surface area is 170 Å². The number of aromatic nitrogens is 6. The van der Waals surface area contributed by atoms with E-state index in [1.807, 2.05) is 30.3 Å². The number of halogens is 1. The maximum atomic E-state index is 6.03. The molecule has 0 radical (unpaired) electrons. The predicted molar refractivity (Wildman–Crippen MR) is 106 cm³/mol. The molecule has 1 aromatic carbocycles. The van der Waals surface area contributed by atoms with Gasteiger partial charge in [0, 0.05) is 34.6 Å². The van der Waals surface area contributed by atoms with Crippen LogP contribution in [0.25, 0.3) is 22.8 Å². The molecule has 0 saturated heterocycles. The second-order valence-electron chi connectivity index (χ2n) is 6.44. The van der Waals surface area contributed by atoms with Crippen LogP contribution in [-0.2, 0) is 5.75 Å². The van der Waals surface area contributed by atoms with Crippen molar-refractivity contribution in [2.24, 2.45) is 0 Å². The summed E-state index contributed by atoms with van der Waals surface area (Å²) in [5.74, 6) is 2.39. The minimum atomic E-state index is 0.449. The van der Waals surface area contributed by atoms with Crippen LogP contribution in [0.15, 0.2) is 58.4 Å². The molecule has 1 aliphatic carbocycles. The summed E-state index contributed by atoms with van der Waals surface area (Å²) in [6, 6.07) is 11.7. The van der Waals surface area contributed by atoms with Crippen LogP contribution in [0.4, 0.5) is 0 Å². The second-order valence-corrected chi connectivity index (χ2v) is 7.82. The van der Waals surface area contributed by atoms with Crippen molar-refractivity contribution in [1.82, 2.24) is 29.9 Å². The fourth-order valence-electron chi connectivity index (χ4n) is 2.91. The lowest BCUT2D eigenvalue weighted by Crippen LogP contribution is -2.00. The number of benzene rings is 1. The Morgan fingerprint density at radius 2 is 1.89 bits per heavy atom. The third-order valence-corrected chi connectivity index (χ3v) is 5.54. The molecule has 3 heterocycles. The summed E-state index contributed by atoms with van der Waals surface area (Å²) >= 11 is 7.58. The highest BCUT2D eigenvalue weighted by Gasteiger charge is 2.30. The molecule has 5 rings (SSSR count). The highest BCUT2D eigenvalue weighted by atomic mass is 35.5. The van der Waals surface area contributed by atoms with Gasteiger partial charge >= 0.3 is 0 Å². The largest absolute Gasteiger partial charge is 0.420 e. The Balaban J connectivity index is 1.36. The number of nitrogens with zero attached hydrogens (tertiary/aromatic N) is 6. The molecule has 0 unspecified atom stereocenters. The predicted octanol–water partition coefficient (Wildman–Crippen LogP) is 4.67. The summed E-state index contributed by atoms with van der Waals surface area (Å²) in [6.45, 7) is 0. The van der Waals surface area contributed by atoms with Gasteiger partial charge in [-0.15, -0.1) is 20.4 Å². The van der Waals surface area contributed by atoms with Gasteiger partial charge in [0.25, 0.3) is 0 Å². The molecule has 28 heavy (non-hydrogen) atoms. The Morgan fingerprint density at radius 1 is 1.04 bits per heavy atom. The van der Waals surface area contributed by atoms with E-state index < -0.39 is 0 Å². The van der Waals surface area contributed by atoms with Crippen LogP contribution in [0.2, 0.25) is 5.02 Å². The van der Waals surface area contributed by atoms with Crippen LogP contribution in [0.3, 0.4) is 0 Å². The SMILES string of the molecule is Clc1cccc(-c2nnc(CSc3nnc(-c4ccncc4)n3C3CC3)o2)c1. The first-order chi connectivity index (χ1) is 13.8. The van der Waals surface area contributed by atoms with Crippen LogP contribution < -0.4 is 0 Å². The van der Waals surface area contributed by atoms with Gasteiger partial charge in [-0.2, -0.15) is 0 Å². The molecular weight excluding hydrogens is 396 g/mol. The number of hydrogen-bond acceptors (Lipinski definition) is 7. The summed E-state index contributed by atoms with van der Waals surface area (Å²) in [5, 5.41) is 18.6. The Kier molecular flexibility index (Phi) is 4.58. The molecule has 7 nitrogen and oxygen atoms in total.